The molecule has 0 heterocycles. The van der Waals surface area contributed by atoms with E-state index in [1.807, 2.05) is 0 Å². The number of carboxylic acids is 2. The van der Waals surface area contributed by atoms with Crippen molar-refractivity contribution in [3.8, 4) is 0 Å². The van der Waals surface area contributed by atoms with Crippen LogP contribution >= 0.6 is 0 Å². The fourth-order valence-electron chi connectivity index (χ4n) is 1.81. The highest BCUT2D eigenvalue weighted by molar-refractivity contribution is 6.03. The lowest BCUT2D eigenvalue weighted by atomic mass is 10.0. The lowest BCUT2D eigenvalue weighted by molar-refractivity contribution is 0.0496. The lowest BCUT2D eigenvalue weighted by Gasteiger charge is -2.07. The van der Waals surface area contributed by atoms with Crippen molar-refractivity contribution >= 4 is 17.9 Å². The SMILES string of the molecule is CCCCCCOC(=O)c1ccc(C(=O)O)c(C(=O)O)c1. The molecule has 21 heavy (non-hydrogen) atoms. The van der Waals surface area contributed by atoms with Gasteiger partial charge in [-0.2, -0.15) is 0 Å². The Bertz CT molecular complexity index is 535. The maximum atomic E-state index is 11.8. The van der Waals surface area contributed by atoms with Crippen molar-refractivity contribution in [2.75, 3.05) is 6.61 Å². The molecule has 0 saturated heterocycles. The molecule has 0 bridgehead atoms. The van der Waals surface area contributed by atoms with Gasteiger partial charge in [0.15, 0.2) is 0 Å². The molecular formula is C15H18O6. The van der Waals surface area contributed by atoms with Gasteiger partial charge in [0.05, 0.1) is 23.3 Å². The Morgan fingerprint density at radius 2 is 1.67 bits per heavy atom. The van der Waals surface area contributed by atoms with Gasteiger partial charge in [-0.15, -0.1) is 0 Å². The van der Waals surface area contributed by atoms with Crippen LogP contribution in [0.25, 0.3) is 0 Å². The summed E-state index contributed by atoms with van der Waals surface area (Å²) in [4.78, 5) is 33.7. The molecule has 6 nitrogen and oxygen atoms in total. The number of benzene rings is 1. The number of esters is 1. The Kier molecular flexibility index (Phi) is 6.39. The summed E-state index contributed by atoms with van der Waals surface area (Å²) in [6.45, 7) is 2.34. The van der Waals surface area contributed by atoms with Crippen molar-refractivity contribution in [1.82, 2.24) is 0 Å². The summed E-state index contributed by atoms with van der Waals surface area (Å²) in [6, 6.07) is 3.38. The van der Waals surface area contributed by atoms with Crippen LogP contribution in [0, 0.1) is 0 Å². The number of rotatable bonds is 8. The Balaban J connectivity index is 2.75. The topological polar surface area (TPSA) is 101 Å². The zero-order chi connectivity index (χ0) is 15.8. The predicted octanol–water partition coefficient (Wildman–Crippen LogP) is 2.82. The van der Waals surface area contributed by atoms with Crippen molar-refractivity contribution in [2.24, 2.45) is 0 Å². The van der Waals surface area contributed by atoms with Crippen molar-refractivity contribution < 1.29 is 29.3 Å². The van der Waals surface area contributed by atoms with E-state index in [0.29, 0.717) is 0 Å². The van der Waals surface area contributed by atoms with E-state index < -0.39 is 23.5 Å². The minimum atomic E-state index is -1.40. The van der Waals surface area contributed by atoms with Gasteiger partial charge in [0.1, 0.15) is 0 Å². The van der Waals surface area contributed by atoms with Crippen LogP contribution < -0.4 is 0 Å². The summed E-state index contributed by atoms with van der Waals surface area (Å²) < 4.78 is 5.03. The molecule has 0 spiro atoms. The van der Waals surface area contributed by atoms with Crippen LogP contribution in [0.15, 0.2) is 18.2 Å². The van der Waals surface area contributed by atoms with E-state index in [4.69, 9.17) is 14.9 Å². The second-order valence-corrected chi connectivity index (χ2v) is 4.57. The summed E-state index contributed by atoms with van der Waals surface area (Å²) in [6.07, 6.45) is 3.85. The number of ether oxygens (including phenoxy) is 1. The number of carbonyl (C=O) groups is 3. The number of hydrogen-bond donors (Lipinski definition) is 2. The van der Waals surface area contributed by atoms with Gasteiger partial charge in [0, 0.05) is 0 Å². The standard InChI is InChI=1S/C15H18O6/c1-2-3-4-5-8-21-15(20)10-6-7-11(13(16)17)12(9-10)14(18)19/h6-7,9H,2-5,8H2,1H3,(H,16,17)(H,18,19). The summed E-state index contributed by atoms with van der Waals surface area (Å²) >= 11 is 0. The van der Waals surface area contributed by atoms with E-state index in [0.717, 1.165) is 37.8 Å². The van der Waals surface area contributed by atoms with E-state index in [1.54, 1.807) is 0 Å². The van der Waals surface area contributed by atoms with Crippen LogP contribution in [0.5, 0.6) is 0 Å². The maximum Gasteiger partial charge on any atom is 0.338 e. The summed E-state index contributed by atoms with van der Waals surface area (Å²) in [5, 5.41) is 17.9. The van der Waals surface area contributed by atoms with Crippen LogP contribution in [0.4, 0.5) is 0 Å². The van der Waals surface area contributed by atoms with Gasteiger partial charge in [-0.1, -0.05) is 26.2 Å². The number of unbranched alkanes of at least 4 members (excludes halogenated alkanes) is 3. The number of carbonyl (C=O) groups excluding carboxylic acids is 1. The maximum absolute atomic E-state index is 11.8. The third-order valence-electron chi connectivity index (χ3n) is 2.95. The molecule has 0 amide bonds. The van der Waals surface area contributed by atoms with E-state index in [9.17, 15) is 14.4 Å². The molecule has 0 aliphatic carbocycles. The van der Waals surface area contributed by atoms with E-state index >= 15 is 0 Å². The Morgan fingerprint density at radius 3 is 2.24 bits per heavy atom. The third-order valence-corrected chi connectivity index (χ3v) is 2.95. The van der Waals surface area contributed by atoms with E-state index in [2.05, 4.69) is 6.92 Å². The van der Waals surface area contributed by atoms with Crippen molar-refractivity contribution in [2.45, 2.75) is 32.6 Å². The molecule has 1 rings (SSSR count). The average molecular weight is 294 g/mol. The molecule has 0 unspecified atom stereocenters. The first-order valence-corrected chi connectivity index (χ1v) is 6.75. The van der Waals surface area contributed by atoms with Crippen LogP contribution in [0.2, 0.25) is 0 Å². The quantitative estimate of drug-likeness (QED) is 0.564. The van der Waals surface area contributed by atoms with Crippen molar-refractivity contribution in [3.05, 3.63) is 34.9 Å². The molecule has 0 atom stereocenters. The molecule has 0 aliphatic rings. The van der Waals surface area contributed by atoms with Gasteiger partial charge < -0.3 is 14.9 Å². The second-order valence-electron chi connectivity index (χ2n) is 4.57. The van der Waals surface area contributed by atoms with Gasteiger partial charge in [0.2, 0.25) is 0 Å². The van der Waals surface area contributed by atoms with Gasteiger partial charge in [-0.3, -0.25) is 0 Å². The Labute approximate surface area is 122 Å². The van der Waals surface area contributed by atoms with Gasteiger partial charge in [-0.25, -0.2) is 14.4 Å². The minimum absolute atomic E-state index is 0.0351. The van der Waals surface area contributed by atoms with Crippen molar-refractivity contribution in [1.29, 1.82) is 0 Å². The fraction of sp³-hybridized carbons (Fsp3) is 0.400. The van der Waals surface area contributed by atoms with Crippen LogP contribution in [0.1, 0.15) is 63.7 Å². The summed E-state index contributed by atoms with van der Waals surface area (Å²) in [5.41, 5.74) is -0.752. The van der Waals surface area contributed by atoms with Crippen LogP contribution in [-0.4, -0.2) is 34.7 Å². The first kappa shape index (κ1) is 16.7. The van der Waals surface area contributed by atoms with Gasteiger partial charge >= 0.3 is 17.9 Å². The highest BCUT2D eigenvalue weighted by atomic mass is 16.5. The predicted molar refractivity (Wildman–Crippen MR) is 74.8 cm³/mol. The monoisotopic (exact) mass is 294 g/mol. The smallest absolute Gasteiger partial charge is 0.338 e. The zero-order valence-electron chi connectivity index (χ0n) is 11.8. The van der Waals surface area contributed by atoms with E-state index in [-0.39, 0.29) is 17.7 Å². The molecule has 0 aromatic heterocycles. The molecule has 1 aromatic carbocycles. The van der Waals surface area contributed by atoms with E-state index in [1.165, 1.54) is 6.07 Å². The molecule has 114 valence electrons. The second kappa shape index (κ2) is 8.04. The highest BCUT2D eigenvalue weighted by Crippen LogP contribution is 2.14. The Hall–Kier alpha value is -2.37. The summed E-state index contributed by atoms with van der Waals surface area (Å²) in [5.74, 6) is -3.40. The third kappa shape index (κ3) is 4.91. The molecule has 0 saturated carbocycles. The molecular weight excluding hydrogens is 276 g/mol. The zero-order valence-corrected chi connectivity index (χ0v) is 11.8. The number of carboxylic acid groups (broad SMARTS) is 2. The molecule has 2 N–H and O–H groups in total. The molecule has 0 aliphatic heterocycles. The minimum Gasteiger partial charge on any atom is -0.478 e. The van der Waals surface area contributed by atoms with Crippen LogP contribution in [0.3, 0.4) is 0 Å². The molecule has 6 heteroatoms. The molecule has 1 aromatic rings. The number of hydrogen-bond acceptors (Lipinski definition) is 4. The lowest BCUT2D eigenvalue weighted by Crippen LogP contribution is -2.12. The first-order chi connectivity index (χ1) is 9.97. The number of aromatic carboxylic acids is 2. The van der Waals surface area contributed by atoms with Crippen molar-refractivity contribution in [3.63, 3.8) is 0 Å². The Morgan fingerprint density at radius 1 is 1.00 bits per heavy atom. The van der Waals surface area contributed by atoms with Crippen LogP contribution in [-0.2, 0) is 4.74 Å². The average Bonchev–Trinajstić information content (AvgIpc) is 2.46. The fourth-order valence-corrected chi connectivity index (χ4v) is 1.81. The molecule has 0 radical (unpaired) electrons. The van der Waals surface area contributed by atoms with Gasteiger partial charge in [0.25, 0.3) is 0 Å². The summed E-state index contributed by atoms with van der Waals surface area (Å²) in [7, 11) is 0. The highest BCUT2D eigenvalue weighted by Gasteiger charge is 2.19. The van der Waals surface area contributed by atoms with Gasteiger partial charge in [-0.05, 0) is 24.6 Å². The normalized spacial score (nSPS) is 10.1. The largest absolute Gasteiger partial charge is 0.478 e. The molecule has 0 fully saturated rings. The first-order valence-electron chi connectivity index (χ1n) is 6.75.